The number of rotatable bonds is 1. The highest BCUT2D eigenvalue weighted by Crippen LogP contribution is 2.47. The van der Waals surface area contributed by atoms with Gasteiger partial charge in [0.15, 0.2) is 5.54 Å². The van der Waals surface area contributed by atoms with Crippen molar-refractivity contribution in [2.75, 3.05) is 0 Å². The van der Waals surface area contributed by atoms with Crippen molar-refractivity contribution in [2.45, 2.75) is 31.0 Å². The molecule has 0 spiro atoms. The molecule has 2 nitrogen and oxygen atoms in total. The van der Waals surface area contributed by atoms with E-state index in [1.54, 1.807) is 0 Å². The van der Waals surface area contributed by atoms with Crippen LogP contribution in [0.3, 0.4) is 0 Å². The molecule has 11 heavy (non-hydrogen) atoms. The number of alkyl halides is 3. The van der Waals surface area contributed by atoms with Gasteiger partial charge in [-0.2, -0.15) is 18.2 Å². The third kappa shape index (κ3) is 1.16. The highest BCUT2D eigenvalue weighted by Gasteiger charge is 2.59. The fraction of sp³-hybridized carbons (Fsp3) is 0.833. The molecule has 1 aliphatic rings. The van der Waals surface area contributed by atoms with Gasteiger partial charge in [-0.3, -0.25) is 0 Å². The third-order valence-electron chi connectivity index (χ3n) is 1.97. The third-order valence-corrected chi connectivity index (χ3v) is 1.97. The number of hydrogen-bond acceptors (Lipinski definition) is 2. The number of isocyanates is 1. The van der Waals surface area contributed by atoms with Gasteiger partial charge in [-0.05, 0) is 19.3 Å². The quantitative estimate of drug-likeness (QED) is 0.430. The van der Waals surface area contributed by atoms with Gasteiger partial charge in [0.1, 0.15) is 0 Å². The number of nitrogens with zero attached hydrogens (tertiary/aromatic N) is 1. The molecule has 62 valence electrons. The van der Waals surface area contributed by atoms with Gasteiger partial charge in [-0.25, -0.2) is 4.79 Å². The molecule has 0 aromatic rings. The minimum atomic E-state index is -4.39. The summed E-state index contributed by atoms with van der Waals surface area (Å²) in [5.41, 5.74) is -2.09. The highest BCUT2D eigenvalue weighted by atomic mass is 19.4. The maximum atomic E-state index is 12.1. The van der Waals surface area contributed by atoms with Crippen LogP contribution in [0.5, 0.6) is 0 Å². The van der Waals surface area contributed by atoms with E-state index in [4.69, 9.17) is 0 Å². The zero-order chi connectivity index (χ0) is 8.54. The van der Waals surface area contributed by atoms with Crippen molar-refractivity contribution in [1.82, 2.24) is 0 Å². The second-order valence-corrected chi connectivity index (χ2v) is 2.59. The SMILES string of the molecule is O=C=NC1(C(F)(F)F)CCC1. The van der Waals surface area contributed by atoms with Gasteiger partial charge in [0.2, 0.25) is 6.08 Å². The average molecular weight is 165 g/mol. The zero-order valence-corrected chi connectivity index (χ0v) is 5.61. The largest absolute Gasteiger partial charge is 0.414 e. The van der Waals surface area contributed by atoms with Crippen molar-refractivity contribution in [3.05, 3.63) is 0 Å². The molecule has 0 radical (unpaired) electrons. The van der Waals surface area contributed by atoms with Crippen molar-refractivity contribution < 1.29 is 18.0 Å². The van der Waals surface area contributed by atoms with Crippen molar-refractivity contribution in [3.63, 3.8) is 0 Å². The van der Waals surface area contributed by atoms with Crippen molar-refractivity contribution in [1.29, 1.82) is 0 Å². The monoisotopic (exact) mass is 165 g/mol. The standard InChI is InChI=1S/C6H6F3NO/c7-6(8,9)5(10-4-11)2-1-3-5/h1-3H2. The number of aliphatic imine (C=N–C) groups is 1. The van der Waals surface area contributed by atoms with Crippen LogP contribution in [0, 0.1) is 0 Å². The number of carbonyl (C=O) groups excluding carboxylic acids is 1. The fourth-order valence-electron chi connectivity index (χ4n) is 1.06. The molecule has 0 N–H and O–H groups in total. The lowest BCUT2D eigenvalue weighted by atomic mass is 9.77. The van der Waals surface area contributed by atoms with Gasteiger partial charge in [0.25, 0.3) is 0 Å². The zero-order valence-electron chi connectivity index (χ0n) is 5.61. The molecule has 0 atom stereocenters. The van der Waals surface area contributed by atoms with Crippen LogP contribution >= 0.6 is 0 Å². The second-order valence-electron chi connectivity index (χ2n) is 2.59. The summed E-state index contributed by atoms with van der Waals surface area (Å²) < 4.78 is 36.2. The Hall–Kier alpha value is -0.830. The molecule has 1 rings (SSSR count). The topological polar surface area (TPSA) is 29.4 Å². The molecule has 1 fully saturated rings. The van der Waals surface area contributed by atoms with Crippen molar-refractivity contribution >= 4 is 6.08 Å². The van der Waals surface area contributed by atoms with Crippen molar-refractivity contribution in [3.8, 4) is 0 Å². The Kier molecular flexibility index (Phi) is 1.76. The molecule has 1 aliphatic carbocycles. The molecule has 1 saturated carbocycles. The first-order valence-corrected chi connectivity index (χ1v) is 3.18. The van der Waals surface area contributed by atoms with Crippen LogP contribution < -0.4 is 0 Å². The van der Waals surface area contributed by atoms with Gasteiger partial charge < -0.3 is 0 Å². The lowest BCUT2D eigenvalue weighted by Gasteiger charge is -2.37. The van der Waals surface area contributed by atoms with Crippen LogP contribution in [0.4, 0.5) is 13.2 Å². The first-order valence-electron chi connectivity index (χ1n) is 3.18. The van der Waals surface area contributed by atoms with Crippen LogP contribution in [-0.4, -0.2) is 17.8 Å². The van der Waals surface area contributed by atoms with E-state index in [0.717, 1.165) is 6.08 Å². The predicted octanol–water partition coefficient (Wildman–Crippen LogP) is 1.81. The van der Waals surface area contributed by atoms with Crippen molar-refractivity contribution in [2.24, 2.45) is 4.99 Å². The Morgan fingerprint density at radius 3 is 2.00 bits per heavy atom. The first kappa shape index (κ1) is 8.27. The van der Waals surface area contributed by atoms with E-state index in [0.29, 0.717) is 6.42 Å². The average Bonchev–Trinajstić information content (AvgIpc) is 1.75. The summed E-state index contributed by atoms with van der Waals surface area (Å²) in [6.45, 7) is 0. The van der Waals surface area contributed by atoms with Crippen LogP contribution in [-0.2, 0) is 4.79 Å². The molecule has 0 heterocycles. The summed E-state index contributed by atoms with van der Waals surface area (Å²) >= 11 is 0. The van der Waals surface area contributed by atoms with Crippen LogP contribution in [0.15, 0.2) is 4.99 Å². The van der Waals surface area contributed by atoms with Gasteiger partial charge in [0, 0.05) is 0 Å². The molecular weight excluding hydrogens is 159 g/mol. The van der Waals surface area contributed by atoms with E-state index in [9.17, 15) is 18.0 Å². The normalized spacial score (nSPS) is 21.7. The summed E-state index contributed by atoms with van der Waals surface area (Å²) in [5.74, 6) is 0. The molecule has 0 aromatic carbocycles. The highest BCUT2D eigenvalue weighted by molar-refractivity contribution is 5.36. The van der Waals surface area contributed by atoms with Gasteiger partial charge in [0.05, 0.1) is 0 Å². The molecule has 0 saturated heterocycles. The van der Waals surface area contributed by atoms with Gasteiger partial charge in [-0.15, -0.1) is 0 Å². The lowest BCUT2D eigenvalue weighted by Crippen LogP contribution is -2.49. The maximum absolute atomic E-state index is 12.1. The van der Waals surface area contributed by atoms with E-state index >= 15 is 0 Å². The van der Waals surface area contributed by atoms with Gasteiger partial charge in [-0.1, -0.05) is 0 Å². The summed E-state index contributed by atoms with van der Waals surface area (Å²) in [4.78, 5) is 12.5. The fourth-order valence-corrected chi connectivity index (χ4v) is 1.06. The Balaban J connectivity index is 2.84. The Labute approximate surface area is 61.1 Å². The van der Waals surface area contributed by atoms with E-state index in [1.807, 2.05) is 0 Å². The molecule has 0 bridgehead atoms. The first-order chi connectivity index (χ1) is 5.02. The minimum absolute atomic E-state index is 0.0776. The van der Waals surface area contributed by atoms with Crippen LogP contribution in [0.25, 0.3) is 0 Å². The number of halogens is 3. The Morgan fingerprint density at radius 2 is 1.91 bits per heavy atom. The van der Waals surface area contributed by atoms with E-state index < -0.39 is 11.7 Å². The summed E-state index contributed by atoms with van der Waals surface area (Å²) in [7, 11) is 0. The second kappa shape index (κ2) is 2.34. The van der Waals surface area contributed by atoms with E-state index in [1.165, 1.54) is 0 Å². The van der Waals surface area contributed by atoms with E-state index in [2.05, 4.69) is 4.99 Å². The Morgan fingerprint density at radius 1 is 1.36 bits per heavy atom. The van der Waals surface area contributed by atoms with E-state index in [-0.39, 0.29) is 12.8 Å². The number of hydrogen-bond donors (Lipinski definition) is 0. The molecule has 5 heteroatoms. The van der Waals surface area contributed by atoms with Crippen LogP contribution in [0.2, 0.25) is 0 Å². The molecule has 0 unspecified atom stereocenters. The molecular formula is C6H6F3NO. The smallest absolute Gasteiger partial charge is 0.211 e. The molecule has 0 aliphatic heterocycles. The summed E-state index contributed by atoms with van der Waals surface area (Å²) in [6.07, 6.45) is -3.09. The molecule has 0 amide bonds. The van der Waals surface area contributed by atoms with Gasteiger partial charge >= 0.3 is 6.18 Å². The summed E-state index contributed by atoms with van der Waals surface area (Å²) in [6, 6.07) is 0. The molecule has 0 aromatic heterocycles. The Bertz CT molecular complexity index is 200. The maximum Gasteiger partial charge on any atom is 0.414 e. The minimum Gasteiger partial charge on any atom is -0.211 e. The lowest BCUT2D eigenvalue weighted by molar-refractivity contribution is -0.205. The van der Waals surface area contributed by atoms with Crippen LogP contribution in [0.1, 0.15) is 19.3 Å². The predicted molar refractivity (Wildman–Crippen MR) is 30.8 cm³/mol. The summed E-state index contributed by atoms with van der Waals surface area (Å²) in [5, 5.41) is 0.